The molecule has 3 nitrogen and oxygen atoms in total. The second-order valence-corrected chi connectivity index (χ2v) is 2.93. The van der Waals surface area contributed by atoms with Gasteiger partial charge < -0.3 is 9.47 Å². The molecule has 0 aliphatic heterocycles. The first-order valence-electron chi connectivity index (χ1n) is 4.52. The maximum Gasteiger partial charge on any atom is 0.308 e. The van der Waals surface area contributed by atoms with Crippen molar-refractivity contribution in [2.45, 2.75) is 20.3 Å². The third-order valence-electron chi connectivity index (χ3n) is 1.89. The average Bonchev–Trinajstić information content (AvgIpc) is 2.16. The molecule has 0 unspecified atom stereocenters. The largest absolute Gasteiger partial charge is 0.493 e. The van der Waals surface area contributed by atoms with E-state index in [-0.39, 0.29) is 5.97 Å². The molecule has 1 rings (SSSR count). The Balaban J connectivity index is 3.01. The summed E-state index contributed by atoms with van der Waals surface area (Å²) in [6, 6.07) is 5.57. The number of hydrogen-bond acceptors (Lipinski definition) is 3. The average molecular weight is 194 g/mol. The van der Waals surface area contributed by atoms with Crippen molar-refractivity contribution in [1.82, 2.24) is 0 Å². The van der Waals surface area contributed by atoms with Gasteiger partial charge in [-0.1, -0.05) is 13.0 Å². The number of aryl methyl sites for hydroxylation is 1. The van der Waals surface area contributed by atoms with Crippen molar-refractivity contribution >= 4 is 5.97 Å². The lowest BCUT2D eigenvalue weighted by molar-refractivity contribution is -0.132. The van der Waals surface area contributed by atoms with E-state index in [1.54, 1.807) is 13.2 Å². The van der Waals surface area contributed by atoms with E-state index < -0.39 is 0 Å². The third kappa shape index (κ3) is 2.49. The van der Waals surface area contributed by atoms with Gasteiger partial charge in [-0.15, -0.1) is 0 Å². The van der Waals surface area contributed by atoms with Crippen LogP contribution < -0.4 is 9.47 Å². The van der Waals surface area contributed by atoms with Crippen molar-refractivity contribution in [1.29, 1.82) is 0 Å². The van der Waals surface area contributed by atoms with E-state index in [4.69, 9.17) is 9.47 Å². The molecule has 3 heteroatoms. The van der Waals surface area contributed by atoms with E-state index in [0.29, 0.717) is 11.5 Å². The highest BCUT2D eigenvalue weighted by Gasteiger charge is 2.06. The molecule has 0 aromatic heterocycles. The summed E-state index contributed by atoms with van der Waals surface area (Å²) >= 11 is 0. The minimum absolute atomic E-state index is 0.337. The lowest BCUT2D eigenvalue weighted by Gasteiger charge is -2.08. The predicted octanol–water partition coefficient (Wildman–Crippen LogP) is 2.18. The topological polar surface area (TPSA) is 35.5 Å². The van der Waals surface area contributed by atoms with Crippen LogP contribution in [-0.4, -0.2) is 13.1 Å². The van der Waals surface area contributed by atoms with Crippen molar-refractivity contribution in [3.63, 3.8) is 0 Å². The highest BCUT2D eigenvalue weighted by atomic mass is 16.6. The zero-order chi connectivity index (χ0) is 10.6. The maximum atomic E-state index is 10.8. The summed E-state index contributed by atoms with van der Waals surface area (Å²) < 4.78 is 10.1. The summed E-state index contributed by atoms with van der Waals surface area (Å²) in [5.74, 6) is 0.730. The second kappa shape index (κ2) is 4.65. The molecule has 0 fully saturated rings. The molecule has 1 aromatic carbocycles. The first-order valence-corrected chi connectivity index (χ1v) is 4.52. The van der Waals surface area contributed by atoms with E-state index in [9.17, 15) is 4.79 Å². The summed E-state index contributed by atoms with van der Waals surface area (Å²) in [5, 5.41) is 0. The van der Waals surface area contributed by atoms with Gasteiger partial charge in [0.25, 0.3) is 0 Å². The quantitative estimate of drug-likeness (QED) is 0.546. The van der Waals surface area contributed by atoms with Crippen molar-refractivity contribution in [2.24, 2.45) is 0 Å². The number of benzene rings is 1. The first-order chi connectivity index (χ1) is 6.67. The minimum atomic E-state index is -0.337. The Morgan fingerprint density at radius 3 is 2.57 bits per heavy atom. The van der Waals surface area contributed by atoms with E-state index >= 15 is 0 Å². The number of rotatable bonds is 3. The predicted molar refractivity (Wildman–Crippen MR) is 53.7 cm³/mol. The van der Waals surface area contributed by atoms with Crippen LogP contribution in [0.4, 0.5) is 0 Å². The molecule has 0 amide bonds. The van der Waals surface area contributed by atoms with Crippen LogP contribution in [0.3, 0.4) is 0 Å². The normalized spacial score (nSPS) is 9.64. The molecule has 0 aliphatic carbocycles. The third-order valence-corrected chi connectivity index (χ3v) is 1.89. The van der Waals surface area contributed by atoms with Gasteiger partial charge in [0.05, 0.1) is 7.11 Å². The second-order valence-electron chi connectivity index (χ2n) is 2.93. The Morgan fingerprint density at radius 1 is 1.36 bits per heavy atom. The molecule has 0 radical (unpaired) electrons. The SMILES string of the molecule is CCc1ccc(OC)c(OC(C)=O)c1. The number of methoxy groups -OCH3 is 1. The molecule has 0 spiro atoms. The lowest BCUT2D eigenvalue weighted by atomic mass is 10.1. The van der Waals surface area contributed by atoms with Gasteiger partial charge in [-0.25, -0.2) is 0 Å². The van der Waals surface area contributed by atoms with Crippen molar-refractivity contribution in [2.75, 3.05) is 7.11 Å². The monoisotopic (exact) mass is 194 g/mol. The number of esters is 1. The fraction of sp³-hybridized carbons (Fsp3) is 0.364. The Kier molecular flexibility index (Phi) is 3.51. The molecule has 1 aromatic rings. The molecule has 0 N–H and O–H groups in total. The number of ether oxygens (including phenoxy) is 2. The Hall–Kier alpha value is -1.51. The van der Waals surface area contributed by atoms with Gasteiger partial charge in [-0.3, -0.25) is 4.79 Å². The van der Waals surface area contributed by atoms with Crippen LogP contribution in [0.2, 0.25) is 0 Å². The Morgan fingerprint density at radius 2 is 2.07 bits per heavy atom. The number of hydrogen-bond donors (Lipinski definition) is 0. The lowest BCUT2D eigenvalue weighted by Crippen LogP contribution is -2.03. The molecular formula is C11H14O3. The van der Waals surface area contributed by atoms with E-state index in [1.165, 1.54) is 6.92 Å². The summed E-state index contributed by atoms with van der Waals surface area (Å²) in [7, 11) is 1.55. The van der Waals surface area contributed by atoms with Crippen molar-refractivity contribution in [3.8, 4) is 11.5 Å². The zero-order valence-corrected chi connectivity index (χ0v) is 8.66. The van der Waals surface area contributed by atoms with Crippen LogP contribution >= 0.6 is 0 Å². The molecular weight excluding hydrogens is 180 g/mol. The first kappa shape index (κ1) is 10.6. The van der Waals surface area contributed by atoms with Gasteiger partial charge in [-0.2, -0.15) is 0 Å². The summed E-state index contributed by atoms with van der Waals surface area (Å²) in [6.07, 6.45) is 0.901. The Labute approximate surface area is 83.6 Å². The maximum absolute atomic E-state index is 10.8. The van der Waals surface area contributed by atoms with E-state index in [2.05, 4.69) is 0 Å². The fourth-order valence-corrected chi connectivity index (χ4v) is 1.18. The van der Waals surface area contributed by atoms with Crippen LogP contribution in [0.5, 0.6) is 11.5 Å². The van der Waals surface area contributed by atoms with Crippen molar-refractivity contribution < 1.29 is 14.3 Å². The molecule has 0 saturated heterocycles. The van der Waals surface area contributed by atoms with Gasteiger partial charge in [0.1, 0.15) is 0 Å². The van der Waals surface area contributed by atoms with Crippen molar-refractivity contribution in [3.05, 3.63) is 23.8 Å². The molecule has 0 bridgehead atoms. The molecule has 0 atom stereocenters. The molecule has 76 valence electrons. The summed E-state index contributed by atoms with van der Waals surface area (Å²) in [5.41, 5.74) is 1.11. The van der Waals surface area contributed by atoms with Gasteiger partial charge in [0.2, 0.25) is 0 Å². The van der Waals surface area contributed by atoms with Crippen LogP contribution in [0, 0.1) is 0 Å². The van der Waals surface area contributed by atoms with Crippen LogP contribution in [0.25, 0.3) is 0 Å². The van der Waals surface area contributed by atoms with Gasteiger partial charge in [0, 0.05) is 6.92 Å². The summed E-state index contributed by atoms with van der Waals surface area (Å²) in [4.78, 5) is 10.8. The standard InChI is InChI=1S/C11H14O3/c1-4-9-5-6-10(13-3)11(7-9)14-8(2)12/h5-7H,4H2,1-3H3. The van der Waals surface area contributed by atoms with Gasteiger partial charge in [0.15, 0.2) is 11.5 Å². The molecule has 0 saturated carbocycles. The summed E-state index contributed by atoms with van der Waals surface area (Å²) in [6.45, 7) is 3.41. The van der Waals surface area contributed by atoms with E-state index in [0.717, 1.165) is 12.0 Å². The fourth-order valence-electron chi connectivity index (χ4n) is 1.18. The minimum Gasteiger partial charge on any atom is -0.493 e. The smallest absolute Gasteiger partial charge is 0.308 e. The highest BCUT2D eigenvalue weighted by Crippen LogP contribution is 2.28. The van der Waals surface area contributed by atoms with Crippen LogP contribution in [-0.2, 0) is 11.2 Å². The van der Waals surface area contributed by atoms with Gasteiger partial charge in [-0.05, 0) is 24.1 Å². The van der Waals surface area contributed by atoms with E-state index in [1.807, 2.05) is 19.1 Å². The molecule has 0 heterocycles. The van der Waals surface area contributed by atoms with Crippen LogP contribution in [0.15, 0.2) is 18.2 Å². The van der Waals surface area contributed by atoms with Gasteiger partial charge >= 0.3 is 5.97 Å². The molecule has 0 aliphatic rings. The Bertz CT molecular complexity index is 331. The number of carbonyl (C=O) groups excluding carboxylic acids is 1. The molecule has 14 heavy (non-hydrogen) atoms. The van der Waals surface area contributed by atoms with Crippen LogP contribution in [0.1, 0.15) is 19.4 Å². The number of carbonyl (C=O) groups is 1. The zero-order valence-electron chi connectivity index (χ0n) is 8.66. The highest BCUT2D eigenvalue weighted by molar-refractivity contribution is 5.70.